The molecule has 0 unspecified atom stereocenters. The van der Waals surface area contributed by atoms with E-state index >= 15 is 0 Å². The van der Waals surface area contributed by atoms with E-state index in [4.69, 9.17) is 0 Å². The van der Waals surface area contributed by atoms with Gasteiger partial charge < -0.3 is 5.11 Å². The normalized spacial score (nSPS) is 13.7. The number of alkyl halides is 3. The summed E-state index contributed by atoms with van der Waals surface area (Å²) >= 11 is 0. The average Bonchev–Trinajstić information content (AvgIpc) is 2.20. The van der Waals surface area contributed by atoms with Crippen LogP contribution < -0.4 is 5.11 Å². The molecule has 4 nitrogen and oxygen atoms in total. The summed E-state index contributed by atoms with van der Waals surface area (Å²) in [4.78, 5) is 0. The van der Waals surface area contributed by atoms with Gasteiger partial charge in [0.15, 0.2) is 11.6 Å². The summed E-state index contributed by atoms with van der Waals surface area (Å²) in [6.45, 7) is 0. The molecule has 0 N–H and O–H groups in total. The second-order valence-corrected chi connectivity index (χ2v) is 4.66. The van der Waals surface area contributed by atoms with E-state index in [0.717, 1.165) is 0 Å². The highest BCUT2D eigenvalue weighted by atomic mass is 32.2. The molecule has 0 aliphatic carbocycles. The van der Waals surface area contributed by atoms with Crippen molar-refractivity contribution in [1.29, 1.82) is 0 Å². The van der Waals surface area contributed by atoms with E-state index in [0.29, 0.717) is 0 Å². The van der Waals surface area contributed by atoms with Gasteiger partial charge in [-0.25, -0.2) is 13.2 Å². The molecule has 1 aromatic carbocycles. The Bertz CT molecular complexity index is 637. The van der Waals surface area contributed by atoms with E-state index in [1.54, 1.807) is 4.40 Å². The van der Waals surface area contributed by atoms with Crippen LogP contribution in [0.4, 0.5) is 26.3 Å². The Morgan fingerprint density at radius 1 is 1.16 bits per heavy atom. The lowest BCUT2D eigenvalue weighted by atomic mass is 10.2. The molecule has 1 rings (SSSR count). The van der Waals surface area contributed by atoms with Crippen LogP contribution in [0.25, 0.3) is 0 Å². The Labute approximate surface area is 102 Å². The van der Waals surface area contributed by atoms with Gasteiger partial charge in [-0.05, 0) is 6.07 Å². The maximum Gasteiger partial charge on any atom is 0.518 e. The third-order valence-electron chi connectivity index (χ3n) is 1.72. The monoisotopic (exact) mass is 306 g/mol. The summed E-state index contributed by atoms with van der Waals surface area (Å²) < 4.78 is 96.8. The SMILES string of the molecule is O=S(=O)(/N=C(\[O-])c1cc(F)cc(F)c1F)C(F)(F)F. The number of rotatable bonds is 2. The van der Waals surface area contributed by atoms with E-state index in [1.807, 2.05) is 0 Å². The number of hydrogen-bond donors (Lipinski definition) is 0. The van der Waals surface area contributed by atoms with Gasteiger partial charge in [0.25, 0.3) is 0 Å². The third-order valence-corrected chi connectivity index (χ3v) is 2.71. The molecular weight excluding hydrogens is 304 g/mol. The maximum absolute atomic E-state index is 13.0. The van der Waals surface area contributed by atoms with E-state index in [2.05, 4.69) is 0 Å². The number of benzene rings is 1. The molecule has 0 saturated carbocycles. The van der Waals surface area contributed by atoms with Crippen LogP contribution in [0.5, 0.6) is 0 Å². The van der Waals surface area contributed by atoms with Crippen molar-refractivity contribution < 1.29 is 39.9 Å². The lowest BCUT2D eigenvalue weighted by molar-refractivity contribution is -0.212. The Morgan fingerprint density at radius 2 is 1.68 bits per heavy atom. The highest BCUT2D eigenvalue weighted by molar-refractivity contribution is 7.91. The smallest absolute Gasteiger partial charge is 0.518 e. The number of sulfonamides is 1. The summed E-state index contributed by atoms with van der Waals surface area (Å²) in [6.07, 6.45) is 0. The highest BCUT2D eigenvalue weighted by Gasteiger charge is 2.45. The first kappa shape index (κ1) is 15.3. The van der Waals surface area contributed by atoms with E-state index in [-0.39, 0.29) is 12.1 Å². The molecule has 0 heterocycles. The van der Waals surface area contributed by atoms with Crippen LogP contribution in [0.1, 0.15) is 5.56 Å². The van der Waals surface area contributed by atoms with E-state index in [1.165, 1.54) is 0 Å². The van der Waals surface area contributed by atoms with Gasteiger partial charge in [0.2, 0.25) is 0 Å². The fraction of sp³-hybridized carbons (Fsp3) is 0.125. The molecule has 0 aromatic heterocycles. The van der Waals surface area contributed by atoms with Crippen molar-refractivity contribution in [1.82, 2.24) is 0 Å². The number of nitrogens with zero attached hydrogens (tertiary/aromatic N) is 1. The zero-order valence-electron chi connectivity index (χ0n) is 8.50. The van der Waals surface area contributed by atoms with Crippen molar-refractivity contribution in [3.05, 3.63) is 35.1 Å². The van der Waals surface area contributed by atoms with Gasteiger partial charge in [-0.3, -0.25) is 0 Å². The largest absolute Gasteiger partial charge is 0.858 e. The lowest BCUT2D eigenvalue weighted by Gasteiger charge is -2.13. The van der Waals surface area contributed by atoms with Crippen LogP contribution in [-0.4, -0.2) is 19.8 Å². The van der Waals surface area contributed by atoms with Crippen LogP contribution in [0.15, 0.2) is 16.5 Å². The molecule has 0 radical (unpaired) electrons. The second-order valence-electron chi connectivity index (χ2n) is 3.07. The molecule has 19 heavy (non-hydrogen) atoms. The van der Waals surface area contributed by atoms with Crippen molar-refractivity contribution in [3.63, 3.8) is 0 Å². The number of halogens is 6. The minimum absolute atomic E-state index is 0.0182. The van der Waals surface area contributed by atoms with Gasteiger partial charge in [-0.1, -0.05) is 0 Å². The highest BCUT2D eigenvalue weighted by Crippen LogP contribution is 2.25. The fourth-order valence-electron chi connectivity index (χ4n) is 0.922. The zero-order valence-corrected chi connectivity index (χ0v) is 9.32. The molecule has 0 saturated heterocycles. The first-order chi connectivity index (χ1) is 8.45. The molecule has 0 bridgehead atoms. The quantitative estimate of drug-likeness (QED) is 0.355. The predicted molar refractivity (Wildman–Crippen MR) is 47.8 cm³/mol. The molecule has 1 aromatic rings. The molecule has 0 amide bonds. The van der Waals surface area contributed by atoms with Crippen LogP contribution in [0.3, 0.4) is 0 Å². The minimum atomic E-state index is -6.22. The van der Waals surface area contributed by atoms with Crippen LogP contribution in [0, 0.1) is 17.5 Å². The van der Waals surface area contributed by atoms with Gasteiger partial charge >= 0.3 is 15.5 Å². The average molecular weight is 306 g/mol. The first-order valence-electron chi connectivity index (χ1n) is 4.19. The van der Waals surface area contributed by atoms with Gasteiger partial charge in [-0.2, -0.15) is 26.0 Å². The standard InChI is InChI=1S/C8H3F6NO3S/c9-3-1-4(6(11)5(10)2-3)7(16)15-19(17,18)8(12,13)14/h1-2H,(H,15,16)/p-1. The molecule has 0 aliphatic rings. The van der Waals surface area contributed by atoms with Gasteiger partial charge in [0.05, 0.1) is 0 Å². The summed E-state index contributed by atoms with van der Waals surface area (Å²) in [6, 6.07) is 0.0422. The van der Waals surface area contributed by atoms with Crippen molar-refractivity contribution in [2.45, 2.75) is 5.51 Å². The molecule has 106 valence electrons. The minimum Gasteiger partial charge on any atom is -0.858 e. The van der Waals surface area contributed by atoms with Crippen molar-refractivity contribution >= 4 is 15.9 Å². The molecular formula is C8H2F6NO3S-. The topological polar surface area (TPSA) is 69.6 Å². The molecule has 0 atom stereocenters. The van der Waals surface area contributed by atoms with Crippen molar-refractivity contribution in [2.75, 3.05) is 0 Å². The molecule has 11 heteroatoms. The molecule has 0 fully saturated rings. The zero-order chi connectivity index (χ0) is 15.0. The van der Waals surface area contributed by atoms with Crippen molar-refractivity contribution in [2.24, 2.45) is 4.40 Å². The Morgan fingerprint density at radius 3 is 2.16 bits per heavy atom. The van der Waals surface area contributed by atoms with Crippen LogP contribution in [0.2, 0.25) is 0 Å². The summed E-state index contributed by atoms with van der Waals surface area (Å²) in [5.74, 6) is -7.63. The molecule has 0 spiro atoms. The summed E-state index contributed by atoms with van der Waals surface area (Å²) in [5.41, 5.74) is -7.45. The summed E-state index contributed by atoms with van der Waals surface area (Å²) in [5, 5.41) is 11.0. The first-order valence-corrected chi connectivity index (χ1v) is 5.63. The van der Waals surface area contributed by atoms with E-state index in [9.17, 15) is 39.9 Å². The van der Waals surface area contributed by atoms with Crippen LogP contribution in [-0.2, 0) is 10.0 Å². The van der Waals surface area contributed by atoms with E-state index < -0.39 is 44.4 Å². The summed E-state index contributed by atoms with van der Waals surface area (Å²) in [7, 11) is -6.22. The Hall–Kier alpha value is -1.78. The third kappa shape index (κ3) is 3.16. The van der Waals surface area contributed by atoms with Gasteiger partial charge in [0, 0.05) is 17.5 Å². The maximum atomic E-state index is 13.0. The van der Waals surface area contributed by atoms with Crippen molar-refractivity contribution in [3.8, 4) is 0 Å². The number of hydrogen-bond acceptors (Lipinski definition) is 3. The van der Waals surface area contributed by atoms with Gasteiger partial charge in [0.1, 0.15) is 5.82 Å². The fourth-order valence-corrected chi connectivity index (χ4v) is 1.34. The Balaban J connectivity index is 3.41. The molecule has 0 aliphatic heterocycles. The van der Waals surface area contributed by atoms with Crippen LogP contribution >= 0.6 is 0 Å². The second kappa shape index (κ2) is 4.72. The lowest BCUT2D eigenvalue weighted by Crippen LogP contribution is -2.28. The Kier molecular flexibility index (Phi) is 3.79. The predicted octanol–water partition coefficient (Wildman–Crippen LogP) is 1.06. The van der Waals surface area contributed by atoms with Gasteiger partial charge in [-0.15, -0.1) is 0 Å².